The summed E-state index contributed by atoms with van der Waals surface area (Å²) >= 11 is 1.64. The molecular formula is C16H16N2OS. The Balaban J connectivity index is 2.03. The lowest BCUT2D eigenvalue weighted by molar-refractivity contribution is 0.480. The molecule has 3 nitrogen and oxygen atoms in total. The van der Waals surface area contributed by atoms with Gasteiger partial charge in [-0.3, -0.25) is 0 Å². The van der Waals surface area contributed by atoms with E-state index in [4.69, 9.17) is 10.5 Å². The highest BCUT2D eigenvalue weighted by molar-refractivity contribution is 7.18. The fourth-order valence-corrected chi connectivity index (χ4v) is 3.05. The second-order valence-electron chi connectivity index (χ2n) is 4.65. The number of hydrogen-bond donors (Lipinski definition) is 1. The number of para-hydroxylation sites is 1. The van der Waals surface area contributed by atoms with Crippen molar-refractivity contribution >= 4 is 27.2 Å². The number of thiazole rings is 1. The van der Waals surface area contributed by atoms with Crippen molar-refractivity contribution in [2.75, 3.05) is 5.73 Å². The molecule has 0 unspecified atom stereocenters. The second-order valence-corrected chi connectivity index (χ2v) is 5.89. The van der Waals surface area contributed by atoms with E-state index in [0.29, 0.717) is 11.4 Å². The average molecular weight is 284 g/mol. The van der Waals surface area contributed by atoms with Gasteiger partial charge < -0.3 is 10.5 Å². The molecule has 20 heavy (non-hydrogen) atoms. The third-order valence-corrected chi connectivity index (χ3v) is 4.13. The monoisotopic (exact) mass is 284 g/mol. The fourth-order valence-electron chi connectivity index (χ4n) is 2.19. The molecule has 2 aromatic carbocycles. The molecule has 2 N–H and O–H groups in total. The molecule has 0 saturated heterocycles. The van der Waals surface area contributed by atoms with E-state index >= 15 is 0 Å². The van der Waals surface area contributed by atoms with Gasteiger partial charge in [0.15, 0.2) is 5.75 Å². The van der Waals surface area contributed by atoms with Crippen LogP contribution in [-0.2, 0) is 6.42 Å². The standard InChI is InChI=1S/C16H16N2OS/c1-3-11-6-4-5-7-14(11)19-15-9-13-16(8-12(15)17)20-10(2)18-13/h4-9H,3,17H2,1-2H3. The zero-order valence-corrected chi connectivity index (χ0v) is 12.3. The number of aromatic nitrogens is 1. The maximum Gasteiger partial charge on any atom is 0.152 e. The number of fused-ring (bicyclic) bond motifs is 1. The molecule has 0 amide bonds. The zero-order valence-electron chi connectivity index (χ0n) is 11.5. The molecule has 0 saturated carbocycles. The molecule has 102 valence electrons. The van der Waals surface area contributed by atoms with Crippen LogP contribution in [0.4, 0.5) is 5.69 Å². The van der Waals surface area contributed by atoms with E-state index in [1.54, 1.807) is 11.3 Å². The van der Waals surface area contributed by atoms with Gasteiger partial charge in [0.2, 0.25) is 0 Å². The SMILES string of the molecule is CCc1ccccc1Oc1cc2nc(C)sc2cc1N. The van der Waals surface area contributed by atoms with E-state index in [-0.39, 0.29) is 0 Å². The van der Waals surface area contributed by atoms with Crippen LogP contribution in [0.15, 0.2) is 36.4 Å². The predicted octanol–water partition coefficient (Wildman–Crippen LogP) is 4.54. The van der Waals surface area contributed by atoms with Crippen LogP contribution in [-0.4, -0.2) is 4.98 Å². The molecule has 0 aliphatic heterocycles. The first-order valence-electron chi connectivity index (χ1n) is 6.60. The van der Waals surface area contributed by atoms with E-state index in [2.05, 4.69) is 18.0 Å². The Labute approximate surface area is 122 Å². The Morgan fingerprint density at radius 3 is 2.80 bits per heavy atom. The first-order valence-corrected chi connectivity index (χ1v) is 7.41. The molecule has 3 aromatic rings. The van der Waals surface area contributed by atoms with Gasteiger partial charge in [-0.2, -0.15) is 0 Å². The van der Waals surface area contributed by atoms with Crippen LogP contribution in [0.25, 0.3) is 10.2 Å². The highest BCUT2D eigenvalue weighted by Gasteiger charge is 2.09. The molecule has 0 atom stereocenters. The summed E-state index contributed by atoms with van der Waals surface area (Å²) in [6.45, 7) is 4.10. The fraction of sp³-hybridized carbons (Fsp3) is 0.188. The normalized spacial score (nSPS) is 10.9. The molecule has 3 rings (SSSR count). The van der Waals surface area contributed by atoms with Gasteiger partial charge in [0.25, 0.3) is 0 Å². The predicted molar refractivity (Wildman–Crippen MR) is 84.7 cm³/mol. The van der Waals surface area contributed by atoms with Crippen molar-refractivity contribution in [2.24, 2.45) is 0 Å². The lowest BCUT2D eigenvalue weighted by atomic mass is 10.1. The number of aryl methyl sites for hydroxylation is 2. The highest BCUT2D eigenvalue weighted by atomic mass is 32.1. The molecule has 0 aliphatic carbocycles. The van der Waals surface area contributed by atoms with E-state index < -0.39 is 0 Å². The summed E-state index contributed by atoms with van der Waals surface area (Å²) in [5, 5.41) is 1.03. The van der Waals surface area contributed by atoms with Crippen molar-refractivity contribution < 1.29 is 4.74 Å². The van der Waals surface area contributed by atoms with E-state index in [9.17, 15) is 0 Å². The number of ether oxygens (including phenoxy) is 1. The first-order chi connectivity index (χ1) is 9.67. The van der Waals surface area contributed by atoms with Crippen LogP contribution < -0.4 is 10.5 Å². The van der Waals surface area contributed by atoms with Crippen molar-refractivity contribution in [1.82, 2.24) is 4.98 Å². The minimum Gasteiger partial charge on any atom is -0.455 e. The lowest BCUT2D eigenvalue weighted by Gasteiger charge is -2.11. The molecule has 1 aromatic heterocycles. The van der Waals surface area contributed by atoms with Gasteiger partial charge in [0, 0.05) is 6.07 Å². The van der Waals surface area contributed by atoms with Crippen LogP contribution in [0.1, 0.15) is 17.5 Å². The summed E-state index contributed by atoms with van der Waals surface area (Å²) in [6.07, 6.45) is 0.925. The van der Waals surface area contributed by atoms with E-state index in [1.807, 2.05) is 37.3 Å². The number of nitrogen functional groups attached to an aromatic ring is 1. The van der Waals surface area contributed by atoms with Crippen LogP contribution in [0.3, 0.4) is 0 Å². The average Bonchev–Trinajstić information content (AvgIpc) is 2.79. The number of nitrogens with two attached hydrogens (primary N) is 1. The maximum atomic E-state index is 6.09. The number of anilines is 1. The first kappa shape index (κ1) is 12.9. The molecule has 0 aliphatic rings. The Kier molecular flexibility index (Phi) is 3.32. The van der Waals surface area contributed by atoms with E-state index in [1.165, 1.54) is 5.56 Å². The maximum absolute atomic E-state index is 6.09. The van der Waals surface area contributed by atoms with Gasteiger partial charge in [-0.1, -0.05) is 25.1 Å². The molecule has 0 spiro atoms. The van der Waals surface area contributed by atoms with Gasteiger partial charge in [-0.05, 0) is 31.0 Å². The number of rotatable bonds is 3. The van der Waals surface area contributed by atoms with Crippen LogP contribution in [0.5, 0.6) is 11.5 Å². The highest BCUT2D eigenvalue weighted by Crippen LogP contribution is 2.35. The Hall–Kier alpha value is -2.07. The van der Waals surface area contributed by atoms with Gasteiger partial charge in [-0.15, -0.1) is 11.3 Å². The Bertz CT molecular complexity index is 764. The van der Waals surface area contributed by atoms with Crippen molar-refractivity contribution in [3.05, 3.63) is 47.0 Å². The molecule has 1 heterocycles. The number of benzene rings is 2. The molecule has 0 radical (unpaired) electrons. The van der Waals surface area contributed by atoms with Crippen LogP contribution >= 0.6 is 11.3 Å². The topological polar surface area (TPSA) is 48.1 Å². The second kappa shape index (κ2) is 5.13. The summed E-state index contributed by atoms with van der Waals surface area (Å²) in [5.74, 6) is 1.52. The molecular weight excluding hydrogens is 268 g/mol. The molecule has 0 bridgehead atoms. The Morgan fingerprint density at radius 2 is 2.00 bits per heavy atom. The van der Waals surface area contributed by atoms with Crippen molar-refractivity contribution in [3.8, 4) is 11.5 Å². The summed E-state index contributed by atoms with van der Waals surface area (Å²) in [4.78, 5) is 4.48. The number of hydrogen-bond acceptors (Lipinski definition) is 4. The minimum atomic E-state index is 0.645. The van der Waals surface area contributed by atoms with Crippen molar-refractivity contribution in [3.63, 3.8) is 0 Å². The minimum absolute atomic E-state index is 0.645. The quantitative estimate of drug-likeness (QED) is 0.718. The summed E-state index contributed by atoms with van der Waals surface area (Å²) in [5.41, 5.74) is 8.84. The summed E-state index contributed by atoms with van der Waals surface area (Å²) in [6, 6.07) is 11.9. The summed E-state index contributed by atoms with van der Waals surface area (Å²) in [7, 11) is 0. The van der Waals surface area contributed by atoms with Crippen LogP contribution in [0, 0.1) is 6.92 Å². The van der Waals surface area contributed by atoms with Gasteiger partial charge in [0.05, 0.1) is 20.9 Å². The van der Waals surface area contributed by atoms with Crippen molar-refractivity contribution in [1.29, 1.82) is 0 Å². The van der Waals surface area contributed by atoms with Crippen molar-refractivity contribution in [2.45, 2.75) is 20.3 Å². The molecule has 0 fully saturated rings. The van der Waals surface area contributed by atoms with Gasteiger partial charge >= 0.3 is 0 Å². The third-order valence-electron chi connectivity index (χ3n) is 3.20. The zero-order chi connectivity index (χ0) is 14.1. The largest absolute Gasteiger partial charge is 0.455 e. The number of nitrogens with zero attached hydrogens (tertiary/aromatic N) is 1. The van der Waals surface area contributed by atoms with Gasteiger partial charge in [0.1, 0.15) is 5.75 Å². The Morgan fingerprint density at radius 1 is 1.20 bits per heavy atom. The summed E-state index contributed by atoms with van der Waals surface area (Å²) < 4.78 is 7.08. The van der Waals surface area contributed by atoms with Crippen LogP contribution in [0.2, 0.25) is 0 Å². The van der Waals surface area contributed by atoms with Gasteiger partial charge in [-0.25, -0.2) is 4.98 Å². The lowest BCUT2D eigenvalue weighted by Crippen LogP contribution is -1.94. The third kappa shape index (κ3) is 2.34. The smallest absolute Gasteiger partial charge is 0.152 e. The van der Waals surface area contributed by atoms with E-state index in [0.717, 1.165) is 27.4 Å². The molecule has 4 heteroatoms.